The summed E-state index contributed by atoms with van der Waals surface area (Å²) in [6.07, 6.45) is 1.53. The molecule has 4 amide bonds. The molecule has 0 saturated heterocycles. The number of ether oxygens (including phenoxy) is 2. The minimum absolute atomic E-state index is 0.0202. The van der Waals surface area contributed by atoms with Crippen molar-refractivity contribution in [2.75, 3.05) is 30.2 Å². The van der Waals surface area contributed by atoms with Crippen LogP contribution in [-0.4, -0.2) is 43.1 Å². The van der Waals surface area contributed by atoms with Gasteiger partial charge in [-0.25, -0.2) is 0 Å². The molecule has 1 heterocycles. The van der Waals surface area contributed by atoms with Gasteiger partial charge in [-0.1, -0.05) is 48.5 Å². The van der Waals surface area contributed by atoms with Gasteiger partial charge in [-0.3, -0.25) is 19.2 Å². The Hall–Kier alpha value is -6.36. The van der Waals surface area contributed by atoms with E-state index in [1.54, 1.807) is 111 Å². The fraction of sp³-hybridized carbons (Fsp3) is 0.125. The van der Waals surface area contributed by atoms with E-state index in [0.29, 0.717) is 49.3 Å². The topological polar surface area (TPSA) is 159 Å². The SMILES string of the molecule is COc1ccc(/C=C(/NC(=O)c2ccccc2)C(=O)Nc2cccc(SC(C)C(=O)Nc3sc(C(=O)Nc4ccccc4)c(C)c3C#N)c2)cc1OC. The third kappa shape index (κ3) is 9.70. The Morgan fingerprint density at radius 2 is 1.47 bits per heavy atom. The number of nitrogens with zero attached hydrogens (tertiary/aromatic N) is 1. The van der Waals surface area contributed by atoms with Gasteiger partial charge in [-0.15, -0.1) is 23.1 Å². The number of para-hydroxylation sites is 1. The molecule has 4 N–H and O–H groups in total. The van der Waals surface area contributed by atoms with Crippen LogP contribution >= 0.6 is 23.1 Å². The van der Waals surface area contributed by atoms with Crippen LogP contribution in [0.3, 0.4) is 0 Å². The molecule has 1 aromatic heterocycles. The molecule has 0 aliphatic rings. The Morgan fingerprint density at radius 3 is 2.15 bits per heavy atom. The summed E-state index contributed by atoms with van der Waals surface area (Å²) in [4.78, 5) is 54.1. The van der Waals surface area contributed by atoms with Crippen molar-refractivity contribution in [3.63, 3.8) is 0 Å². The first-order valence-corrected chi connectivity index (χ1v) is 17.9. The third-order valence-electron chi connectivity index (χ3n) is 7.75. The van der Waals surface area contributed by atoms with Crippen LogP contribution in [0, 0.1) is 18.3 Å². The summed E-state index contributed by atoms with van der Waals surface area (Å²) in [5, 5.41) is 20.7. The highest BCUT2D eigenvalue weighted by Gasteiger charge is 2.24. The fourth-order valence-electron chi connectivity index (χ4n) is 5.03. The maximum absolute atomic E-state index is 13.7. The highest BCUT2D eigenvalue weighted by Crippen LogP contribution is 2.35. The number of amides is 4. The lowest BCUT2D eigenvalue weighted by Crippen LogP contribution is -2.30. The van der Waals surface area contributed by atoms with Gasteiger partial charge >= 0.3 is 0 Å². The number of methoxy groups -OCH3 is 2. The first-order chi connectivity index (χ1) is 25.6. The van der Waals surface area contributed by atoms with Crippen LogP contribution in [0.2, 0.25) is 0 Å². The quantitative estimate of drug-likeness (QED) is 0.0704. The molecule has 13 heteroatoms. The molecule has 0 radical (unpaired) electrons. The number of carbonyl (C=O) groups is 4. The number of nitriles is 1. The number of anilines is 3. The van der Waals surface area contributed by atoms with Gasteiger partial charge in [0.15, 0.2) is 11.5 Å². The lowest BCUT2D eigenvalue weighted by molar-refractivity contribution is -0.115. The van der Waals surface area contributed by atoms with Crippen LogP contribution in [0.15, 0.2) is 114 Å². The van der Waals surface area contributed by atoms with Crippen LogP contribution < -0.4 is 30.7 Å². The Kier molecular flexibility index (Phi) is 12.7. The van der Waals surface area contributed by atoms with Gasteiger partial charge in [0, 0.05) is 21.8 Å². The standard InChI is InChI=1S/C40H35N5O6S2/c1-24-31(23-41)40(53-35(24)39(49)42-28-14-9-6-10-15-28)45-36(46)25(2)52-30-17-11-16-29(22-30)43-38(48)32(44-37(47)27-12-7-5-8-13-27)20-26-18-19-33(50-3)34(21-26)51-4/h5-22,25H,1-4H3,(H,42,49)(H,43,48)(H,44,47)(H,45,46)/b32-20+. The van der Waals surface area contributed by atoms with Crippen LogP contribution in [0.5, 0.6) is 11.5 Å². The van der Waals surface area contributed by atoms with Gasteiger partial charge in [-0.2, -0.15) is 5.26 Å². The van der Waals surface area contributed by atoms with E-state index in [0.717, 1.165) is 11.3 Å². The molecule has 268 valence electrons. The first kappa shape index (κ1) is 37.9. The zero-order valence-electron chi connectivity index (χ0n) is 29.2. The monoisotopic (exact) mass is 745 g/mol. The van der Waals surface area contributed by atoms with Gasteiger partial charge in [-0.05, 0) is 85.6 Å². The number of carbonyl (C=O) groups excluding carboxylic acids is 4. The van der Waals surface area contributed by atoms with E-state index in [1.807, 2.05) is 6.07 Å². The van der Waals surface area contributed by atoms with Crippen molar-refractivity contribution in [2.24, 2.45) is 0 Å². The summed E-state index contributed by atoms with van der Waals surface area (Å²) < 4.78 is 10.7. The summed E-state index contributed by atoms with van der Waals surface area (Å²) in [5.41, 5.74) is 2.66. The third-order valence-corrected chi connectivity index (χ3v) is 10.1. The lowest BCUT2D eigenvalue weighted by Gasteiger charge is -2.14. The van der Waals surface area contributed by atoms with Crippen LogP contribution in [0.4, 0.5) is 16.4 Å². The molecule has 0 saturated carbocycles. The molecule has 0 spiro atoms. The maximum Gasteiger partial charge on any atom is 0.272 e. The van der Waals surface area contributed by atoms with Gasteiger partial charge in [0.05, 0.1) is 29.9 Å². The molecule has 1 atom stereocenters. The van der Waals surface area contributed by atoms with E-state index in [2.05, 4.69) is 27.3 Å². The zero-order chi connectivity index (χ0) is 37.9. The van der Waals surface area contributed by atoms with Crippen molar-refractivity contribution in [3.05, 3.63) is 136 Å². The molecule has 1 unspecified atom stereocenters. The number of thioether (sulfide) groups is 1. The number of hydrogen-bond acceptors (Lipinski definition) is 9. The first-order valence-electron chi connectivity index (χ1n) is 16.2. The smallest absolute Gasteiger partial charge is 0.272 e. The average Bonchev–Trinajstić information content (AvgIpc) is 3.49. The second kappa shape index (κ2) is 17.7. The van der Waals surface area contributed by atoms with E-state index in [4.69, 9.17) is 9.47 Å². The summed E-state index contributed by atoms with van der Waals surface area (Å²) in [6.45, 7) is 3.38. The summed E-state index contributed by atoms with van der Waals surface area (Å²) >= 11 is 2.28. The van der Waals surface area contributed by atoms with Gasteiger partial charge in [0.1, 0.15) is 16.8 Å². The molecule has 5 aromatic rings. The van der Waals surface area contributed by atoms with E-state index in [9.17, 15) is 24.4 Å². The van der Waals surface area contributed by atoms with Gasteiger partial charge in [0.25, 0.3) is 17.7 Å². The summed E-state index contributed by atoms with van der Waals surface area (Å²) in [7, 11) is 3.02. The van der Waals surface area contributed by atoms with Crippen molar-refractivity contribution in [1.29, 1.82) is 5.26 Å². The maximum atomic E-state index is 13.7. The van der Waals surface area contributed by atoms with E-state index in [1.165, 1.54) is 32.1 Å². The number of thiophene rings is 1. The van der Waals surface area contributed by atoms with Crippen LogP contribution in [0.25, 0.3) is 6.08 Å². The molecular weight excluding hydrogens is 711 g/mol. The molecule has 0 bridgehead atoms. The molecule has 5 rings (SSSR count). The predicted molar refractivity (Wildman–Crippen MR) is 209 cm³/mol. The Labute approximate surface area is 315 Å². The lowest BCUT2D eigenvalue weighted by atomic mass is 10.1. The van der Waals surface area contributed by atoms with Gasteiger partial charge < -0.3 is 30.7 Å². The normalized spacial score (nSPS) is 11.4. The van der Waals surface area contributed by atoms with E-state index >= 15 is 0 Å². The number of nitrogens with one attached hydrogen (secondary N) is 4. The molecule has 53 heavy (non-hydrogen) atoms. The Bertz CT molecular complexity index is 2210. The minimum Gasteiger partial charge on any atom is -0.493 e. The largest absolute Gasteiger partial charge is 0.493 e. The Balaban J connectivity index is 1.30. The van der Waals surface area contributed by atoms with Crippen molar-refractivity contribution >= 4 is 69.2 Å². The summed E-state index contributed by atoms with van der Waals surface area (Å²) in [6, 6.07) is 31.6. The van der Waals surface area contributed by atoms with Gasteiger partial charge in [0.2, 0.25) is 5.91 Å². The predicted octanol–water partition coefficient (Wildman–Crippen LogP) is 7.73. The highest BCUT2D eigenvalue weighted by molar-refractivity contribution is 8.00. The molecule has 0 aliphatic carbocycles. The second-order valence-corrected chi connectivity index (χ2v) is 13.9. The second-order valence-electron chi connectivity index (χ2n) is 11.4. The molecule has 4 aromatic carbocycles. The van der Waals surface area contributed by atoms with E-state index < -0.39 is 17.1 Å². The minimum atomic E-state index is -0.623. The molecule has 0 aliphatic heterocycles. The molecular formula is C40H35N5O6S2. The molecule has 11 nitrogen and oxygen atoms in total. The van der Waals surface area contributed by atoms with Crippen molar-refractivity contribution < 1.29 is 28.7 Å². The van der Waals surface area contributed by atoms with Crippen LogP contribution in [0.1, 0.15) is 43.6 Å². The number of hydrogen-bond donors (Lipinski definition) is 4. The highest BCUT2D eigenvalue weighted by atomic mass is 32.2. The van der Waals surface area contributed by atoms with Crippen LogP contribution in [-0.2, 0) is 9.59 Å². The zero-order valence-corrected chi connectivity index (χ0v) is 30.8. The Morgan fingerprint density at radius 1 is 0.792 bits per heavy atom. The van der Waals surface area contributed by atoms with Crippen molar-refractivity contribution in [3.8, 4) is 17.6 Å². The van der Waals surface area contributed by atoms with Crippen molar-refractivity contribution in [2.45, 2.75) is 24.0 Å². The van der Waals surface area contributed by atoms with E-state index in [-0.39, 0.29) is 28.1 Å². The molecule has 0 fully saturated rings. The number of rotatable bonds is 13. The fourth-order valence-corrected chi connectivity index (χ4v) is 7.01. The average molecular weight is 746 g/mol. The number of benzene rings is 4. The van der Waals surface area contributed by atoms with Crippen molar-refractivity contribution in [1.82, 2.24) is 5.32 Å². The summed E-state index contributed by atoms with van der Waals surface area (Å²) in [5.74, 6) is -0.847.